The van der Waals surface area contributed by atoms with Crippen LogP contribution in [0.5, 0.6) is 0 Å². The highest BCUT2D eigenvalue weighted by Gasteiger charge is 2.04. The summed E-state index contributed by atoms with van der Waals surface area (Å²) in [5.74, 6) is 0.707. The number of hydrogen-bond acceptors (Lipinski definition) is 2. The number of aromatic nitrogens is 1. The maximum absolute atomic E-state index is 5.89. The van der Waals surface area contributed by atoms with Crippen molar-refractivity contribution in [3.63, 3.8) is 0 Å². The number of nitrogens with two attached hydrogens (primary N) is 1. The van der Waals surface area contributed by atoms with Crippen LogP contribution in [-0.2, 0) is 17.7 Å². The minimum Gasteiger partial charge on any atom is -0.380 e. The van der Waals surface area contributed by atoms with Crippen LogP contribution >= 0.6 is 0 Å². The van der Waals surface area contributed by atoms with Crippen molar-refractivity contribution in [1.29, 1.82) is 0 Å². The summed E-state index contributed by atoms with van der Waals surface area (Å²) in [4.78, 5) is 0. The molecule has 1 heterocycles. The molecule has 3 nitrogen and oxygen atoms in total. The summed E-state index contributed by atoms with van der Waals surface area (Å²) in [5, 5.41) is 1.28. The summed E-state index contributed by atoms with van der Waals surface area (Å²) in [5.41, 5.74) is 8.48. The fourth-order valence-corrected chi connectivity index (χ4v) is 2.51. The van der Waals surface area contributed by atoms with Crippen LogP contribution in [0.25, 0.3) is 10.9 Å². The van der Waals surface area contributed by atoms with E-state index in [1.54, 1.807) is 0 Å². The van der Waals surface area contributed by atoms with Crippen molar-refractivity contribution in [3.05, 3.63) is 36.0 Å². The molecule has 116 valence electrons. The van der Waals surface area contributed by atoms with Gasteiger partial charge in [0.25, 0.3) is 0 Å². The van der Waals surface area contributed by atoms with Gasteiger partial charge in [0, 0.05) is 30.9 Å². The van der Waals surface area contributed by atoms with Crippen molar-refractivity contribution in [3.8, 4) is 0 Å². The summed E-state index contributed by atoms with van der Waals surface area (Å²) in [6.07, 6.45) is 4.20. The van der Waals surface area contributed by atoms with Crippen LogP contribution in [0.3, 0.4) is 0 Å². The van der Waals surface area contributed by atoms with Crippen LogP contribution in [0.1, 0.15) is 32.8 Å². The van der Waals surface area contributed by atoms with Gasteiger partial charge in [-0.1, -0.05) is 26.0 Å². The lowest BCUT2D eigenvalue weighted by atomic mass is 10.1. The zero-order valence-electron chi connectivity index (χ0n) is 13.5. The van der Waals surface area contributed by atoms with Crippen LogP contribution in [0.2, 0.25) is 0 Å². The van der Waals surface area contributed by atoms with E-state index in [-0.39, 0.29) is 6.04 Å². The lowest BCUT2D eigenvalue weighted by Gasteiger charge is -2.10. The number of nitrogens with zero attached hydrogens (tertiary/aromatic N) is 1. The van der Waals surface area contributed by atoms with E-state index in [1.807, 2.05) is 6.92 Å². The van der Waals surface area contributed by atoms with Crippen LogP contribution in [0.4, 0.5) is 0 Å². The number of benzene rings is 1. The number of rotatable bonds is 8. The summed E-state index contributed by atoms with van der Waals surface area (Å²) in [6, 6.07) is 8.98. The maximum Gasteiger partial charge on any atom is 0.0645 e. The Labute approximate surface area is 128 Å². The third kappa shape index (κ3) is 4.87. The Bertz CT molecular complexity index is 557. The minimum atomic E-state index is 0.199. The van der Waals surface area contributed by atoms with Crippen molar-refractivity contribution < 1.29 is 4.74 Å². The highest BCUT2D eigenvalue weighted by molar-refractivity contribution is 5.80. The standard InChI is InChI=1S/C18H28N2O/c1-14(2)7-10-21-11-9-20-8-6-17-5-4-16(12-15(3)19)13-18(17)20/h4-6,8,13-15H,7,9-12,19H2,1-3H3. The first-order chi connectivity index (χ1) is 10.1. The molecule has 21 heavy (non-hydrogen) atoms. The Morgan fingerprint density at radius 1 is 1.14 bits per heavy atom. The maximum atomic E-state index is 5.89. The Balaban J connectivity index is 1.96. The van der Waals surface area contributed by atoms with Gasteiger partial charge in [0.2, 0.25) is 0 Å². The molecule has 0 bridgehead atoms. The minimum absolute atomic E-state index is 0.199. The Kier molecular flexibility index (Phi) is 5.83. The monoisotopic (exact) mass is 288 g/mol. The van der Waals surface area contributed by atoms with Crippen LogP contribution in [-0.4, -0.2) is 23.8 Å². The zero-order valence-corrected chi connectivity index (χ0v) is 13.5. The fraction of sp³-hybridized carbons (Fsp3) is 0.556. The van der Waals surface area contributed by atoms with E-state index in [0.717, 1.165) is 32.6 Å². The summed E-state index contributed by atoms with van der Waals surface area (Å²) >= 11 is 0. The van der Waals surface area contributed by atoms with E-state index < -0.39 is 0 Å². The first kappa shape index (κ1) is 16.1. The van der Waals surface area contributed by atoms with Gasteiger partial charge in [0.1, 0.15) is 0 Å². The van der Waals surface area contributed by atoms with Gasteiger partial charge in [0.15, 0.2) is 0 Å². The van der Waals surface area contributed by atoms with Crippen molar-refractivity contribution >= 4 is 10.9 Å². The molecule has 0 aliphatic heterocycles. The zero-order chi connectivity index (χ0) is 15.2. The van der Waals surface area contributed by atoms with Gasteiger partial charge in [0.05, 0.1) is 6.61 Å². The molecule has 1 atom stereocenters. The van der Waals surface area contributed by atoms with Crippen LogP contribution < -0.4 is 5.73 Å². The molecule has 0 radical (unpaired) electrons. The molecule has 0 saturated carbocycles. The van der Waals surface area contributed by atoms with Gasteiger partial charge in [-0.05, 0) is 48.8 Å². The molecule has 2 rings (SSSR count). The molecule has 2 aromatic rings. The van der Waals surface area contributed by atoms with Crippen molar-refractivity contribution in [2.45, 2.75) is 46.2 Å². The lowest BCUT2D eigenvalue weighted by Crippen LogP contribution is -2.17. The Morgan fingerprint density at radius 2 is 1.95 bits per heavy atom. The second-order valence-electron chi connectivity index (χ2n) is 6.38. The Hall–Kier alpha value is -1.32. The summed E-state index contributed by atoms with van der Waals surface area (Å²) in [6.45, 7) is 9.03. The second kappa shape index (κ2) is 7.62. The van der Waals surface area contributed by atoms with Gasteiger partial charge in [-0.3, -0.25) is 0 Å². The van der Waals surface area contributed by atoms with Gasteiger partial charge in [-0.2, -0.15) is 0 Å². The molecule has 0 fully saturated rings. The molecular weight excluding hydrogens is 260 g/mol. The third-order valence-corrected chi connectivity index (χ3v) is 3.71. The molecule has 0 saturated heterocycles. The van der Waals surface area contributed by atoms with Crippen molar-refractivity contribution in [1.82, 2.24) is 4.57 Å². The topological polar surface area (TPSA) is 40.2 Å². The smallest absolute Gasteiger partial charge is 0.0645 e. The third-order valence-electron chi connectivity index (χ3n) is 3.71. The predicted molar refractivity (Wildman–Crippen MR) is 89.6 cm³/mol. The largest absolute Gasteiger partial charge is 0.380 e. The van der Waals surface area contributed by atoms with Crippen LogP contribution in [0, 0.1) is 5.92 Å². The molecule has 0 spiro atoms. The molecule has 0 aliphatic rings. The lowest BCUT2D eigenvalue weighted by molar-refractivity contribution is 0.117. The summed E-state index contributed by atoms with van der Waals surface area (Å²) < 4.78 is 7.99. The first-order valence-corrected chi connectivity index (χ1v) is 7.97. The predicted octanol–water partition coefficient (Wildman–Crippen LogP) is 3.59. The van der Waals surface area contributed by atoms with Gasteiger partial charge in [-0.15, -0.1) is 0 Å². The van der Waals surface area contributed by atoms with Crippen LogP contribution in [0.15, 0.2) is 30.5 Å². The number of fused-ring (bicyclic) bond motifs is 1. The Morgan fingerprint density at radius 3 is 2.67 bits per heavy atom. The number of ether oxygens (including phenoxy) is 1. The molecule has 0 aliphatic carbocycles. The molecule has 1 aromatic carbocycles. The second-order valence-corrected chi connectivity index (χ2v) is 6.38. The van der Waals surface area contributed by atoms with E-state index >= 15 is 0 Å². The molecule has 1 unspecified atom stereocenters. The average Bonchev–Trinajstić information content (AvgIpc) is 2.80. The average molecular weight is 288 g/mol. The molecule has 0 amide bonds. The quantitative estimate of drug-likeness (QED) is 0.754. The van der Waals surface area contributed by atoms with Crippen molar-refractivity contribution in [2.75, 3.05) is 13.2 Å². The molecule has 3 heteroatoms. The first-order valence-electron chi connectivity index (χ1n) is 7.97. The van der Waals surface area contributed by atoms with E-state index in [9.17, 15) is 0 Å². The molecule has 2 N–H and O–H groups in total. The SMILES string of the molecule is CC(C)CCOCCn1ccc2ccc(CC(C)N)cc21. The fourth-order valence-electron chi connectivity index (χ4n) is 2.51. The normalized spacial score (nSPS) is 13.2. The van der Waals surface area contributed by atoms with E-state index in [0.29, 0.717) is 5.92 Å². The van der Waals surface area contributed by atoms with E-state index in [2.05, 4.69) is 48.9 Å². The highest BCUT2D eigenvalue weighted by atomic mass is 16.5. The highest BCUT2D eigenvalue weighted by Crippen LogP contribution is 2.18. The summed E-state index contributed by atoms with van der Waals surface area (Å²) in [7, 11) is 0. The van der Waals surface area contributed by atoms with Crippen molar-refractivity contribution in [2.24, 2.45) is 11.7 Å². The molecular formula is C18H28N2O. The van der Waals surface area contributed by atoms with E-state index in [1.165, 1.54) is 16.5 Å². The van der Waals surface area contributed by atoms with Gasteiger partial charge >= 0.3 is 0 Å². The number of hydrogen-bond donors (Lipinski definition) is 1. The van der Waals surface area contributed by atoms with Gasteiger partial charge in [-0.25, -0.2) is 0 Å². The van der Waals surface area contributed by atoms with E-state index in [4.69, 9.17) is 10.5 Å². The van der Waals surface area contributed by atoms with Gasteiger partial charge < -0.3 is 15.0 Å². The molecule has 1 aromatic heterocycles.